The number of benzene rings is 2. The fourth-order valence-electron chi connectivity index (χ4n) is 2.33. The molecule has 2 aromatic carbocycles. The molecule has 0 aliphatic carbocycles. The summed E-state index contributed by atoms with van der Waals surface area (Å²) in [5, 5.41) is 2.98. The van der Waals surface area contributed by atoms with Crippen molar-refractivity contribution in [3.05, 3.63) is 65.7 Å². The fourth-order valence-corrected chi connectivity index (χ4v) is 2.33. The van der Waals surface area contributed by atoms with Crippen LogP contribution in [0.2, 0.25) is 0 Å². The molecular weight excluding hydrogens is 288 g/mol. The number of nitrogens with one attached hydrogen (secondary N) is 1. The Balaban J connectivity index is 1.86. The molecule has 0 radical (unpaired) electrons. The van der Waals surface area contributed by atoms with Crippen LogP contribution in [0.25, 0.3) is 0 Å². The number of hydrogen-bond donors (Lipinski definition) is 1. The van der Waals surface area contributed by atoms with E-state index in [4.69, 9.17) is 4.74 Å². The Bertz CT molecular complexity index is 628. The maximum absolute atomic E-state index is 12.3. The van der Waals surface area contributed by atoms with E-state index in [1.807, 2.05) is 61.3 Å². The maximum Gasteiger partial charge on any atom is 0.237 e. The summed E-state index contributed by atoms with van der Waals surface area (Å²) < 4.78 is 5.19. The Hall–Kier alpha value is -2.33. The molecule has 0 spiro atoms. The van der Waals surface area contributed by atoms with Gasteiger partial charge in [0, 0.05) is 13.1 Å². The first-order valence-corrected chi connectivity index (χ1v) is 7.75. The SMILES string of the molecule is COc1cccc(CNC(=O)C(C)N(C)Cc2ccccc2)c1. The number of rotatable bonds is 7. The summed E-state index contributed by atoms with van der Waals surface area (Å²) >= 11 is 0. The van der Waals surface area contributed by atoms with E-state index in [1.165, 1.54) is 5.56 Å². The van der Waals surface area contributed by atoms with E-state index in [9.17, 15) is 4.79 Å². The van der Waals surface area contributed by atoms with E-state index in [-0.39, 0.29) is 11.9 Å². The molecule has 0 fully saturated rings. The largest absolute Gasteiger partial charge is 0.497 e. The first-order valence-electron chi connectivity index (χ1n) is 7.75. The summed E-state index contributed by atoms with van der Waals surface area (Å²) in [4.78, 5) is 14.4. The van der Waals surface area contributed by atoms with Crippen LogP contribution in [-0.4, -0.2) is 31.0 Å². The first kappa shape index (κ1) is 17.0. The van der Waals surface area contributed by atoms with Gasteiger partial charge in [-0.2, -0.15) is 0 Å². The number of amides is 1. The van der Waals surface area contributed by atoms with Gasteiger partial charge >= 0.3 is 0 Å². The van der Waals surface area contributed by atoms with Crippen LogP contribution in [0.5, 0.6) is 5.75 Å². The third-order valence-corrected chi connectivity index (χ3v) is 3.92. The quantitative estimate of drug-likeness (QED) is 0.855. The second kappa shape index (κ2) is 8.34. The molecular formula is C19H24N2O2. The van der Waals surface area contributed by atoms with Crippen molar-refractivity contribution >= 4 is 5.91 Å². The molecule has 0 aliphatic heterocycles. The Kier molecular flexibility index (Phi) is 6.18. The molecule has 2 rings (SSSR count). The lowest BCUT2D eigenvalue weighted by molar-refractivity contribution is -0.125. The molecule has 0 saturated heterocycles. The van der Waals surface area contributed by atoms with Crippen molar-refractivity contribution in [1.29, 1.82) is 0 Å². The van der Waals surface area contributed by atoms with E-state index in [0.717, 1.165) is 17.9 Å². The summed E-state index contributed by atoms with van der Waals surface area (Å²) in [7, 11) is 3.60. The van der Waals surface area contributed by atoms with Crippen LogP contribution in [0.4, 0.5) is 0 Å². The average molecular weight is 312 g/mol. The highest BCUT2D eigenvalue weighted by Gasteiger charge is 2.17. The minimum Gasteiger partial charge on any atom is -0.497 e. The molecule has 4 heteroatoms. The highest BCUT2D eigenvalue weighted by molar-refractivity contribution is 5.81. The molecule has 1 N–H and O–H groups in total. The number of carbonyl (C=O) groups excluding carboxylic acids is 1. The topological polar surface area (TPSA) is 41.6 Å². The Labute approximate surface area is 138 Å². The lowest BCUT2D eigenvalue weighted by Gasteiger charge is -2.24. The van der Waals surface area contributed by atoms with Gasteiger partial charge in [-0.05, 0) is 37.2 Å². The van der Waals surface area contributed by atoms with Crippen LogP contribution in [0.3, 0.4) is 0 Å². The number of nitrogens with zero attached hydrogens (tertiary/aromatic N) is 1. The second-order valence-corrected chi connectivity index (χ2v) is 5.65. The zero-order chi connectivity index (χ0) is 16.7. The minimum atomic E-state index is -0.194. The first-order chi connectivity index (χ1) is 11.1. The standard InChI is InChI=1S/C19H24N2O2/c1-15(21(2)14-16-8-5-4-6-9-16)19(22)20-13-17-10-7-11-18(12-17)23-3/h4-12,15H,13-14H2,1-3H3,(H,20,22). The molecule has 4 nitrogen and oxygen atoms in total. The summed E-state index contributed by atoms with van der Waals surface area (Å²) in [5.41, 5.74) is 2.22. The lowest BCUT2D eigenvalue weighted by Crippen LogP contribution is -2.42. The van der Waals surface area contributed by atoms with Gasteiger partial charge in [0.1, 0.15) is 5.75 Å². The molecule has 0 aromatic heterocycles. The Morgan fingerprint density at radius 2 is 1.83 bits per heavy atom. The predicted octanol–water partition coefficient (Wildman–Crippen LogP) is 2.83. The molecule has 23 heavy (non-hydrogen) atoms. The van der Waals surface area contributed by atoms with Crippen molar-refractivity contribution in [1.82, 2.24) is 10.2 Å². The van der Waals surface area contributed by atoms with Crippen molar-refractivity contribution in [2.45, 2.75) is 26.1 Å². The van der Waals surface area contributed by atoms with Crippen molar-refractivity contribution < 1.29 is 9.53 Å². The van der Waals surface area contributed by atoms with Gasteiger partial charge in [-0.1, -0.05) is 42.5 Å². The zero-order valence-corrected chi connectivity index (χ0v) is 14.0. The molecule has 1 amide bonds. The van der Waals surface area contributed by atoms with Crippen molar-refractivity contribution in [2.75, 3.05) is 14.2 Å². The van der Waals surface area contributed by atoms with Gasteiger partial charge in [0.05, 0.1) is 13.2 Å². The van der Waals surface area contributed by atoms with Crippen LogP contribution in [0.15, 0.2) is 54.6 Å². The molecule has 2 aromatic rings. The van der Waals surface area contributed by atoms with Crippen LogP contribution >= 0.6 is 0 Å². The molecule has 0 aliphatic rings. The maximum atomic E-state index is 12.3. The molecule has 122 valence electrons. The molecule has 0 saturated carbocycles. The highest BCUT2D eigenvalue weighted by Crippen LogP contribution is 2.12. The number of ether oxygens (including phenoxy) is 1. The van der Waals surface area contributed by atoms with Crippen LogP contribution in [-0.2, 0) is 17.9 Å². The van der Waals surface area contributed by atoms with Gasteiger partial charge < -0.3 is 10.1 Å². The van der Waals surface area contributed by atoms with Gasteiger partial charge in [-0.15, -0.1) is 0 Å². The number of hydrogen-bond acceptors (Lipinski definition) is 3. The molecule has 1 atom stereocenters. The van der Waals surface area contributed by atoms with E-state index in [1.54, 1.807) is 7.11 Å². The van der Waals surface area contributed by atoms with E-state index in [2.05, 4.69) is 17.4 Å². The number of methoxy groups -OCH3 is 1. The lowest BCUT2D eigenvalue weighted by atomic mass is 10.1. The minimum absolute atomic E-state index is 0.0197. The van der Waals surface area contributed by atoms with Gasteiger partial charge in [-0.3, -0.25) is 9.69 Å². The van der Waals surface area contributed by atoms with Gasteiger partial charge in [0.2, 0.25) is 5.91 Å². The number of likely N-dealkylation sites (N-methyl/N-ethyl adjacent to an activating group) is 1. The third-order valence-electron chi connectivity index (χ3n) is 3.92. The predicted molar refractivity (Wildman–Crippen MR) is 92.2 cm³/mol. The third kappa shape index (κ3) is 5.11. The molecule has 1 unspecified atom stereocenters. The average Bonchev–Trinajstić information content (AvgIpc) is 2.60. The monoisotopic (exact) mass is 312 g/mol. The molecule has 0 heterocycles. The Morgan fingerprint density at radius 1 is 1.13 bits per heavy atom. The van der Waals surface area contributed by atoms with Gasteiger partial charge in [0.15, 0.2) is 0 Å². The highest BCUT2D eigenvalue weighted by atomic mass is 16.5. The van der Waals surface area contributed by atoms with Crippen LogP contribution in [0.1, 0.15) is 18.1 Å². The fraction of sp³-hybridized carbons (Fsp3) is 0.316. The van der Waals surface area contributed by atoms with Gasteiger partial charge in [-0.25, -0.2) is 0 Å². The second-order valence-electron chi connectivity index (χ2n) is 5.65. The van der Waals surface area contributed by atoms with Crippen molar-refractivity contribution in [2.24, 2.45) is 0 Å². The van der Waals surface area contributed by atoms with E-state index < -0.39 is 0 Å². The summed E-state index contributed by atoms with van der Waals surface area (Å²) in [6, 6.07) is 17.7. The number of carbonyl (C=O) groups is 1. The van der Waals surface area contributed by atoms with E-state index >= 15 is 0 Å². The summed E-state index contributed by atoms with van der Waals surface area (Å²) in [6.07, 6.45) is 0. The zero-order valence-electron chi connectivity index (χ0n) is 14.0. The summed E-state index contributed by atoms with van der Waals surface area (Å²) in [5.74, 6) is 0.817. The van der Waals surface area contributed by atoms with Crippen molar-refractivity contribution in [3.63, 3.8) is 0 Å². The summed E-state index contributed by atoms with van der Waals surface area (Å²) in [6.45, 7) is 3.16. The smallest absolute Gasteiger partial charge is 0.237 e. The molecule has 0 bridgehead atoms. The van der Waals surface area contributed by atoms with Crippen LogP contribution in [0, 0.1) is 0 Å². The van der Waals surface area contributed by atoms with E-state index in [0.29, 0.717) is 6.54 Å². The van der Waals surface area contributed by atoms with Crippen LogP contribution < -0.4 is 10.1 Å². The Morgan fingerprint density at radius 3 is 2.52 bits per heavy atom. The van der Waals surface area contributed by atoms with Crippen molar-refractivity contribution in [3.8, 4) is 5.75 Å². The normalized spacial score (nSPS) is 12.0. The van der Waals surface area contributed by atoms with Gasteiger partial charge in [0.25, 0.3) is 0 Å².